The summed E-state index contributed by atoms with van der Waals surface area (Å²) >= 11 is 0. The molecule has 0 aromatic heterocycles. The molecule has 1 atom stereocenters. The van der Waals surface area contributed by atoms with Gasteiger partial charge in [-0.15, -0.1) is 0 Å². The van der Waals surface area contributed by atoms with Crippen molar-refractivity contribution in [2.45, 2.75) is 25.7 Å². The largest absolute Gasteiger partial charge is 0.316 e. The lowest BCUT2D eigenvalue weighted by atomic mass is 9.93. The number of rotatable bonds is 3. The van der Waals surface area contributed by atoms with Gasteiger partial charge in [-0.3, -0.25) is 0 Å². The average molecular weight is 225 g/mol. The highest BCUT2D eigenvalue weighted by Crippen LogP contribution is 2.18. The minimum absolute atomic E-state index is 0.682. The smallest absolute Gasteiger partial charge is 0.159 e. The van der Waals surface area contributed by atoms with Gasteiger partial charge in [-0.25, -0.2) is 8.78 Å². The van der Waals surface area contributed by atoms with Gasteiger partial charge in [0.05, 0.1) is 0 Å². The van der Waals surface area contributed by atoms with E-state index in [0.29, 0.717) is 5.92 Å². The molecule has 16 heavy (non-hydrogen) atoms. The van der Waals surface area contributed by atoms with Gasteiger partial charge in [-0.05, 0) is 62.4 Å². The molecule has 88 valence electrons. The lowest BCUT2D eigenvalue weighted by Gasteiger charge is -2.22. The summed E-state index contributed by atoms with van der Waals surface area (Å²) in [7, 11) is 0. The standard InChI is InChI=1S/C13H17F2N/c14-12-6-5-10(8-13(12)15)3-4-11-2-1-7-16-9-11/h5-6,8,11,16H,1-4,7,9H2. The molecule has 1 saturated heterocycles. The van der Waals surface area contributed by atoms with Gasteiger partial charge >= 0.3 is 0 Å². The van der Waals surface area contributed by atoms with Crippen LogP contribution >= 0.6 is 0 Å². The van der Waals surface area contributed by atoms with Gasteiger partial charge < -0.3 is 5.32 Å². The summed E-state index contributed by atoms with van der Waals surface area (Å²) in [6.07, 6.45) is 4.36. The number of nitrogens with one attached hydrogen (secondary N) is 1. The highest BCUT2D eigenvalue weighted by Gasteiger charge is 2.13. The second-order valence-electron chi connectivity index (χ2n) is 4.50. The maximum atomic E-state index is 13.0. The first-order valence-electron chi connectivity index (χ1n) is 5.90. The Bertz CT molecular complexity index is 346. The van der Waals surface area contributed by atoms with Gasteiger partial charge in [0.15, 0.2) is 11.6 Å². The Balaban J connectivity index is 1.86. The van der Waals surface area contributed by atoms with Crippen molar-refractivity contribution >= 4 is 0 Å². The van der Waals surface area contributed by atoms with Crippen LogP contribution in [0.3, 0.4) is 0 Å². The molecule has 1 aliphatic rings. The molecule has 1 aliphatic heterocycles. The van der Waals surface area contributed by atoms with Crippen molar-refractivity contribution in [3.05, 3.63) is 35.4 Å². The monoisotopic (exact) mass is 225 g/mol. The molecule has 1 aromatic rings. The first kappa shape index (κ1) is 11.5. The van der Waals surface area contributed by atoms with E-state index in [1.54, 1.807) is 6.07 Å². The molecule has 1 N–H and O–H groups in total. The third kappa shape index (κ3) is 3.01. The third-order valence-electron chi connectivity index (χ3n) is 3.22. The average Bonchev–Trinajstić information content (AvgIpc) is 2.32. The van der Waals surface area contributed by atoms with E-state index in [-0.39, 0.29) is 0 Å². The molecule has 0 aliphatic carbocycles. The Morgan fingerprint density at radius 2 is 2.12 bits per heavy atom. The summed E-state index contributed by atoms with van der Waals surface area (Å²) in [4.78, 5) is 0. The minimum Gasteiger partial charge on any atom is -0.316 e. The van der Waals surface area contributed by atoms with E-state index in [1.807, 2.05) is 0 Å². The van der Waals surface area contributed by atoms with Gasteiger partial charge in [0.2, 0.25) is 0 Å². The van der Waals surface area contributed by atoms with Crippen molar-refractivity contribution in [3.63, 3.8) is 0 Å². The van der Waals surface area contributed by atoms with Crippen molar-refractivity contribution in [1.82, 2.24) is 5.32 Å². The third-order valence-corrected chi connectivity index (χ3v) is 3.22. The van der Waals surface area contributed by atoms with E-state index < -0.39 is 11.6 Å². The van der Waals surface area contributed by atoms with Crippen LogP contribution in [0.2, 0.25) is 0 Å². The molecule has 3 heteroatoms. The lowest BCUT2D eigenvalue weighted by Crippen LogP contribution is -2.29. The Morgan fingerprint density at radius 1 is 1.25 bits per heavy atom. The molecule has 1 heterocycles. The summed E-state index contributed by atoms with van der Waals surface area (Å²) in [5.41, 5.74) is 0.893. The van der Waals surface area contributed by atoms with E-state index in [1.165, 1.54) is 25.0 Å². The maximum Gasteiger partial charge on any atom is 0.159 e. The molecule has 0 bridgehead atoms. The molecule has 1 unspecified atom stereocenters. The molecule has 0 saturated carbocycles. The Hall–Kier alpha value is -0.960. The van der Waals surface area contributed by atoms with Crippen molar-refractivity contribution in [2.75, 3.05) is 13.1 Å². The zero-order chi connectivity index (χ0) is 11.4. The minimum atomic E-state index is -0.761. The molecule has 0 amide bonds. The van der Waals surface area contributed by atoms with Crippen molar-refractivity contribution < 1.29 is 8.78 Å². The van der Waals surface area contributed by atoms with E-state index in [9.17, 15) is 8.78 Å². The van der Waals surface area contributed by atoms with Crippen molar-refractivity contribution in [2.24, 2.45) is 5.92 Å². The molecule has 0 spiro atoms. The van der Waals surface area contributed by atoms with Crippen LogP contribution in [0.5, 0.6) is 0 Å². The van der Waals surface area contributed by atoms with Gasteiger partial charge in [0.25, 0.3) is 0 Å². The van der Waals surface area contributed by atoms with Crippen molar-refractivity contribution in [1.29, 1.82) is 0 Å². The van der Waals surface area contributed by atoms with Crippen LogP contribution in [-0.4, -0.2) is 13.1 Å². The molecule has 2 rings (SSSR count). The zero-order valence-electron chi connectivity index (χ0n) is 9.31. The first-order valence-corrected chi connectivity index (χ1v) is 5.90. The number of piperidine rings is 1. The second kappa shape index (κ2) is 5.39. The van der Waals surface area contributed by atoms with Crippen LogP contribution in [-0.2, 0) is 6.42 Å². The fraction of sp³-hybridized carbons (Fsp3) is 0.538. The first-order chi connectivity index (χ1) is 7.75. The van der Waals surface area contributed by atoms with Crippen LogP contribution in [0.1, 0.15) is 24.8 Å². The molecule has 1 fully saturated rings. The number of hydrogen-bond acceptors (Lipinski definition) is 1. The van der Waals surface area contributed by atoms with Gasteiger partial charge in [-0.2, -0.15) is 0 Å². The molecule has 1 aromatic carbocycles. The highest BCUT2D eigenvalue weighted by atomic mass is 19.2. The Morgan fingerprint density at radius 3 is 2.81 bits per heavy atom. The van der Waals surface area contributed by atoms with Crippen LogP contribution in [0.15, 0.2) is 18.2 Å². The summed E-state index contributed by atoms with van der Waals surface area (Å²) in [6, 6.07) is 4.20. The lowest BCUT2D eigenvalue weighted by molar-refractivity contribution is 0.358. The SMILES string of the molecule is Fc1ccc(CCC2CCCNC2)cc1F. The Kier molecular flexibility index (Phi) is 3.88. The summed E-state index contributed by atoms with van der Waals surface area (Å²) < 4.78 is 25.7. The molecule has 1 nitrogen and oxygen atoms in total. The molecular weight excluding hydrogens is 208 g/mol. The topological polar surface area (TPSA) is 12.0 Å². The summed E-state index contributed by atoms with van der Waals surface area (Å²) in [5, 5.41) is 3.36. The second-order valence-corrected chi connectivity index (χ2v) is 4.50. The van der Waals surface area contributed by atoms with Crippen LogP contribution in [0.25, 0.3) is 0 Å². The molecular formula is C13H17F2N. The normalized spacial score (nSPS) is 21.0. The van der Waals surface area contributed by atoms with Gasteiger partial charge in [0, 0.05) is 0 Å². The quantitative estimate of drug-likeness (QED) is 0.834. The predicted octanol–water partition coefficient (Wildman–Crippen LogP) is 2.90. The van der Waals surface area contributed by atoms with Crippen LogP contribution in [0, 0.1) is 17.6 Å². The zero-order valence-corrected chi connectivity index (χ0v) is 9.31. The van der Waals surface area contributed by atoms with E-state index in [2.05, 4.69) is 5.32 Å². The number of aryl methyl sites for hydroxylation is 1. The predicted molar refractivity (Wildman–Crippen MR) is 60.3 cm³/mol. The summed E-state index contributed by atoms with van der Waals surface area (Å²) in [5.74, 6) is -0.816. The van der Waals surface area contributed by atoms with Crippen LogP contribution < -0.4 is 5.32 Å². The van der Waals surface area contributed by atoms with E-state index in [4.69, 9.17) is 0 Å². The molecule has 0 radical (unpaired) electrons. The van der Waals surface area contributed by atoms with Gasteiger partial charge in [-0.1, -0.05) is 6.07 Å². The summed E-state index contributed by atoms with van der Waals surface area (Å²) in [6.45, 7) is 2.17. The van der Waals surface area contributed by atoms with E-state index in [0.717, 1.165) is 31.5 Å². The Labute approximate surface area is 94.9 Å². The van der Waals surface area contributed by atoms with Crippen LogP contribution in [0.4, 0.5) is 8.78 Å². The number of hydrogen-bond donors (Lipinski definition) is 1. The van der Waals surface area contributed by atoms with Crippen molar-refractivity contribution in [3.8, 4) is 0 Å². The fourth-order valence-electron chi connectivity index (χ4n) is 2.24. The fourth-order valence-corrected chi connectivity index (χ4v) is 2.24. The maximum absolute atomic E-state index is 13.0. The van der Waals surface area contributed by atoms with E-state index >= 15 is 0 Å². The van der Waals surface area contributed by atoms with Gasteiger partial charge in [0.1, 0.15) is 0 Å². The number of halogens is 2. The highest BCUT2D eigenvalue weighted by molar-refractivity contribution is 5.17. The number of benzene rings is 1.